The molecule has 1 aliphatic rings. The molecule has 0 saturated heterocycles. The van der Waals surface area contributed by atoms with Gasteiger partial charge in [-0.3, -0.25) is 9.36 Å². The summed E-state index contributed by atoms with van der Waals surface area (Å²) in [5, 5.41) is 20.7. The minimum Gasteiger partial charge on any atom is -0.492 e. The topological polar surface area (TPSA) is 119 Å². The normalized spacial score (nSPS) is 16.6. The summed E-state index contributed by atoms with van der Waals surface area (Å²) in [6.07, 6.45) is 2.81. The summed E-state index contributed by atoms with van der Waals surface area (Å²) in [7, 11) is 0. The van der Waals surface area contributed by atoms with E-state index in [9.17, 15) is 9.18 Å². The van der Waals surface area contributed by atoms with E-state index in [1.54, 1.807) is 59.3 Å². The molecule has 1 saturated carbocycles. The number of carbonyl (C=O) groups is 1. The van der Waals surface area contributed by atoms with Gasteiger partial charge in [-0.05, 0) is 56.2 Å². The number of pyridine rings is 2. The smallest absolute Gasteiger partial charge is 0.270 e. The van der Waals surface area contributed by atoms with Crippen LogP contribution in [-0.2, 0) is 0 Å². The maximum absolute atomic E-state index is 14.9. The van der Waals surface area contributed by atoms with Crippen LogP contribution in [0.15, 0.2) is 60.8 Å². The Balaban J connectivity index is 1.39. The zero-order valence-electron chi connectivity index (χ0n) is 19.4. The zero-order chi connectivity index (χ0) is 25.1. The fraction of sp³-hybridized carbons (Fsp3) is 0.231. The van der Waals surface area contributed by atoms with Gasteiger partial charge >= 0.3 is 0 Å². The molecule has 4 aromatic rings. The molecule has 5 rings (SSSR count). The van der Waals surface area contributed by atoms with E-state index in [0.717, 1.165) is 0 Å². The van der Waals surface area contributed by atoms with Crippen molar-refractivity contribution in [3.05, 3.63) is 83.8 Å². The number of nitriles is 1. The monoisotopic (exact) mass is 483 g/mol. The van der Waals surface area contributed by atoms with Crippen molar-refractivity contribution in [2.75, 3.05) is 6.61 Å². The lowest BCUT2D eigenvalue weighted by Gasteiger charge is -2.35. The number of para-hydroxylation sites is 1. The molecule has 36 heavy (non-hydrogen) atoms. The molecule has 0 atom stereocenters. The number of hydrogen-bond donors (Lipinski definition) is 1. The van der Waals surface area contributed by atoms with Gasteiger partial charge < -0.3 is 10.1 Å². The fourth-order valence-electron chi connectivity index (χ4n) is 4.19. The van der Waals surface area contributed by atoms with Crippen LogP contribution < -0.4 is 10.1 Å². The van der Waals surface area contributed by atoms with Gasteiger partial charge in [-0.2, -0.15) is 5.26 Å². The zero-order valence-corrected chi connectivity index (χ0v) is 19.4. The molecule has 1 aliphatic carbocycles. The maximum atomic E-state index is 14.9. The number of amides is 1. The number of nitrogens with one attached hydrogen (secondary N) is 1. The van der Waals surface area contributed by atoms with Gasteiger partial charge in [-0.15, -0.1) is 10.2 Å². The molecule has 0 spiro atoms. The number of nitrogens with zero attached hydrogens (tertiary/aromatic N) is 6. The third-order valence-electron chi connectivity index (χ3n) is 5.99. The fourth-order valence-corrected chi connectivity index (χ4v) is 4.19. The standard InChI is InChI=1S/C26H22FN7O2/c1-2-36-19-10-11-21(29-15-19)25-33-32-24(34(25)23-9-4-3-7-20(23)27)16-12-18(13-16)31-26(35)22-8-5-6-17(14-28)30-22/h3-11,15-16,18H,2,12-13H2,1H3,(H,31,35)/t16-,18-. The highest BCUT2D eigenvalue weighted by molar-refractivity contribution is 5.92. The van der Waals surface area contributed by atoms with E-state index in [2.05, 4.69) is 25.5 Å². The molecule has 1 N–H and O–H groups in total. The summed E-state index contributed by atoms with van der Waals surface area (Å²) < 4.78 is 22.0. The molecule has 0 radical (unpaired) electrons. The maximum Gasteiger partial charge on any atom is 0.270 e. The quantitative estimate of drug-likeness (QED) is 0.425. The van der Waals surface area contributed by atoms with Crippen molar-refractivity contribution < 1.29 is 13.9 Å². The SMILES string of the molecule is CCOc1ccc(-c2nnc([C@H]3C[C@H](NC(=O)c4cccc(C#N)n4)C3)n2-c2ccccc2F)nc1. The second-order valence-corrected chi connectivity index (χ2v) is 8.34. The summed E-state index contributed by atoms with van der Waals surface area (Å²) in [5.74, 6) is 0.857. The van der Waals surface area contributed by atoms with Gasteiger partial charge in [0, 0.05) is 12.0 Å². The lowest BCUT2D eigenvalue weighted by molar-refractivity contribution is 0.0902. The van der Waals surface area contributed by atoms with E-state index in [1.807, 2.05) is 13.0 Å². The van der Waals surface area contributed by atoms with E-state index in [-0.39, 0.29) is 29.3 Å². The highest BCUT2D eigenvalue weighted by Crippen LogP contribution is 2.39. The Hall–Kier alpha value is -4.65. The van der Waals surface area contributed by atoms with Crippen molar-refractivity contribution in [3.63, 3.8) is 0 Å². The average molecular weight is 484 g/mol. The first kappa shape index (κ1) is 23.1. The van der Waals surface area contributed by atoms with Crippen LogP contribution >= 0.6 is 0 Å². The summed E-state index contributed by atoms with van der Waals surface area (Å²) in [5.41, 5.74) is 1.24. The van der Waals surface area contributed by atoms with E-state index in [4.69, 9.17) is 10.00 Å². The van der Waals surface area contributed by atoms with Crippen molar-refractivity contribution in [1.29, 1.82) is 5.26 Å². The first-order chi connectivity index (χ1) is 17.6. The molecule has 1 amide bonds. The molecule has 0 bridgehead atoms. The van der Waals surface area contributed by atoms with Crippen molar-refractivity contribution in [2.45, 2.75) is 31.7 Å². The molecule has 1 fully saturated rings. The number of hydrogen-bond acceptors (Lipinski definition) is 7. The second kappa shape index (κ2) is 9.92. The Morgan fingerprint density at radius 2 is 2.00 bits per heavy atom. The number of halogens is 1. The largest absolute Gasteiger partial charge is 0.492 e. The van der Waals surface area contributed by atoms with Crippen molar-refractivity contribution in [1.82, 2.24) is 30.0 Å². The van der Waals surface area contributed by atoms with Gasteiger partial charge in [0.25, 0.3) is 5.91 Å². The Morgan fingerprint density at radius 1 is 1.17 bits per heavy atom. The van der Waals surface area contributed by atoms with Gasteiger partial charge in [0.15, 0.2) is 5.82 Å². The molecule has 3 heterocycles. The molecule has 1 aromatic carbocycles. The van der Waals surface area contributed by atoms with Gasteiger partial charge in [0.2, 0.25) is 0 Å². The first-order valence-corrected chi connectivity index (χ1v) is 11.5. The van der Waals surface area contributed by atoms with Crippen LogP contribution in [0, 0.1) is 17.1 Å². The lowest BCUT2D eigenvalue weighted by atomic mass is 9.79. The molecule has 0 aliphatic heterocycles. The second-order valence-electron chi connectivity index (χ2n) is 8.34. The summed E-state index contributed by atoms with van der Waals surface area (Å²) in [6, 6.07) is 16.6. The van der Waals surface area contributed by atoms with Gasteiger partial charge in [-0.1, -0.05) is 18.2 Å². The van der Waals surface area contributed by atoms with Crippen LogP contribution in [0.25, 0.3) is 17.2 Å². The van der Waals surface area contributed by atoms with E-state index in [1.165, 1.54) is 6.07 Å². The van der Waals surface area contributed by atoms with Crippen LogP contribution in [0.4, 0.5) is 4.39 Å². The Bertz CT molecular complexity index is 1440. The number of rotatable bonds is 7. The molecular weight excluding hydrogens is 461 g/mol. The number of benzene rings is 1. The van der Waals surface area contributed by atoms with Crippen LogP contribution in [0.5, 0.6) is 5.75 Å². The van der Waals surface area contributed by atoms with Gasteiger partial charge in [-0.25, -0.2) is 14.4 Å². The predicted molar refractivity (Wildman–Crippen MR) is 128 cm³/mol. The van der Waals surface area contributed by atoms with E-state index < -0.39 is 5.82 Å². The van der Waals surface area contributed by atoms with Crippen molar-refractivity contribution in [2.24, 2.45) is 0 Å². The number of ether oxygens (including phenoxy) is 1. The van der Waals surface area contributed by atoms with Crippen molar-refractivity contribution in [3.8, 4) is 29.0 Å². The van der Waals surface area contributed by atoms with E-state index >= 15 is 0 Å². The highest BCUT2D eigenvalue weighted by Gasteiger charge is 2.36. The minimum absolute atomic E-state index is 0.0442. The highest BCUT2D eigenvalue weighted by atomic mass is 19.1. The molecule has 10 heteroatoms. The Labute approximate surface area is 206 Å². The lowest BCUT2D eigenvalue weighted by Crippen LogP contribution is -2.44. The molecule has 9 nitrogen and oxygen atoms in total. The van der Waals surface area contributed by atoms with Gasteiger partial charge in [0.1, 0.15) is 40.5 Å². The predicted octanol–water partition coefficient (Wildman–Crippen LogP) is 3.81. The Morgan fingerprint density at radius 3 is 2.72 bits per heavy atom. The third-order valence-corrected chi connectivity index (χ3v) is 5.99. The molecule has 3 aromatic heterocycles. The summed E-state index contributed by atoms with van der Waals surface area (Å²) >= 11 is 0. The van der Waals surface area contributed by atoms with Crippen LogP contribution in [-0.4, -0.2) is 43.3 Å². The van der Waals surface area contributed by atoms with Crippen molar-refractivity contribution >= 4 is 5.91 Å². The minimum atomic E-state index is -0.404. The van der Waals surface area contributed by atoms with Crippen LogP contribution in [0.2, 0.25) is 0 Å². The summed E-state index contributed by atoms with van der Waals surface area (Å²) in [4.78, 5) is 21.1. The average Bonchev–Trinajstić information content (AvgIpc) is 3.31. The number of aromatic nitrogens is 5. The first-order valence-electron chi connectivity index (χ1n) is 11.5. The number of carbonyl (C=O) groups excluding carboxylic acids is 1. The molecule has 0 unspecified atom stereocenters. The van der Waals surface area contributed by atoms with E-state index in [0.29, 0.717) is 48.2 Å². The third kappa shape index (κ3) is 4.51. The van der Waals surface area contributed by atoms with Crippen LogP contribution in [0.3, 0.4) is 0 Å². The Kier molecular flexibility index (Phi) is 6.36. The molecule has 180 valence electrons. The molecular formula is C26H22FN7O2. The summed E-state index contributed by atoms with van der Waals surface area (Å²) in [6.45, 7) is 2.42. The van der Waals surface area contributed by atoms with Gasteiger partial charge in [0.05, 0.1) is 18.5 Å². The van der Waals surface area contributed by atoms with Crippen LogP contribution in [0.1, 0.15) is 47.7 Å².